The average Bonchev–Trinajstić information content (AvgIpc) is 3.18. The molecule has 204 valence electrons. The monoisotopic (exact) mass is 531 g/mol. The molecule has 1 heterocycles. The van der Waals surface area contributed by atoms with Gasteiger partial charge in [0.2, 0.25) is 0 Å². The highest BCUT2D eigenvalue weighted by atomic mass is 16.5. The number of ether oxygens (including phenoxy) is 3. The Bertz CT molecular complexity index is 1360. The van der Waals surface area contributed by atoms with Gasteiger partial charge in [-0.15, -0.1) is 0 Å². The van der Waals surface area contributed by atoms with Gasteiger partial charge in [-0.25, -0.2) is 0 Å². The summed E-state index contributed by atoms with van der Waals surface area (Å²) in [4.78, 5) is 27.8. The molecule has 1 aliphatic heterocycles. The summed E-state index contributed by atoms with van der Waals surface area (Å²) in [6.45, 7) is 5.17. The number of rotatable bonds is 11. The lowest BCUT2D eigenvalue weighted by Crippen LogP contribution is -2.31. The van der Waals surface area contributed by atoms with Crippen LogP contribution in [0.15, 0.2) is 72.3 Å². The number of carbonyl (C=O) groups excluding carboxylic acids is 2. The summed E-state index contributed by atoms with van der Waals surface area (Å²) in [5, 5.41) is 21.5. The summed E-state index contributed by atoms with van der Waals surface area (Å²) in [6, 6.07) is 18.6. The van der Waals surface area contributed by atoms with Gasteiger partial charge in [0, 0.05) is 25.8 Å². The highest BCUT2D eigenvalue weighted by Gasteiger charge is 2.46. The van der Waals surface area contributed by atoms with E-state index in [2.05, 4.69) is 0 Å². The van der Waals surface area contributed by atoms with Crippen molar-refractivity contribution in [1.29, 1.82) is 0 Å². The zero-order valence-electron chi connectivity index (χ0n) is 22.3. The minimum Gasteiger partial charge on any atom is -0.507 e. The number of phenolic OH excluding ortho intramolecular Hbond substituents is 1. The maximum absolute atomic E-state index is 13.2. The van der Waals surface area contributed by atoms with E-state index in [9.17, 15) is 19.8 Å². The molecule has 0 bridgehead atoms. The van der Waals surface area contributed by atoms with Crippen LogP contribution in [0.3, 0.4) is 0 Å². The third kappa shape index (κ3) is 6.23. The quantitative estimate of drug-likeness (QED) is 0.153. The van der Waals surface area contributed by atoms with Gasteiger partial charge in [0.25, 0.3) is 11.7 Å². The zero-order chi connectivity index (χ0) is 27.9. The molecule has 0 aromatic heterocycles. The van der Waals surface area contributed by atoms with Crippen LogP contribution in [0.2, 0.25) is 0 Å². The van der Waals surface area contributed by atoms with Crippen molar-refractivity contribution in [1.82, 2.24) is 4.90 Å². The lowest BCUT2D eigenvalue weighted by atomic mass is 9.95. The fourth-order valence-electron chi connectivity index (χ4n) is 4.64. The fourth-order valence-corrected chi connectivity index (χ4v) is 4.64. The second-order valence-corrected chi connectivity index (χ2v) is 9.30. The number of hydrogen-bond donors (Lipinski definition) is 2. The van der Waals surface area contributed by atoms with Crippen molar-refractivity contribution < 1.29 is 34.0 Å². The number of phenols is 1. The van der Waals surface area contributed by atoms with E-state index in [1.165, 1.54) is 11.0 Å². The van der Waals surface area contributed by atoms with Crippen molar-refractivity contribution in [2.24, 2.45) is 0 Å². The Morgan fingerprint density at radius 1 is 1.00 bits per heavy atom. The van der Waals surface area contributed by atoms with E-state index in [-0.39, 0.29) is 29.4 Å². The predicted molar refractivity (Wildman–Crippen MR) is 147 cm³/mol. The normalized spacial score (nSPS) is 16.5. The molecule has 0 radical (unpaired) electrons. The Labute approximate surface area is 228 Å². The molecule has 2 N–H and O–H groups in total. The topological polar surface area (TPSA) is 106 Å². The van der Waals surface area contributed by atoms with Crippen LogP contribution in [0.25, 0.3) is 5.76 Å². The van der Waals surface area contributed by atoms with Crippen molar-refractivity contribution in [3.05, 3.63) is 94.6 Å². The van der Waals surface area contributed by atoms with E-state index in [4.69, 9.17) is 14.2 Å². The van der Waals surface area contributed by atoms with E-state index in [0.29, 0.717) is 43.1 Å². The Morgan fingerprint density at radius 2 is 1.77 bits per heavy atom. The van der Waals surface area contributed by atoms with Gasteiger partial charge >= 0.3 is 0 Å². The molecule has 3 aromatic rings. The van der Waals surface area contributed by atoms with Gasteiger partial charge in [0.15, 0.2) is 11.5 Å². The number of carbonyl (C=O) groups is 2. The number of methoxy groups -OCH3 is 1. The molecule has 1 saturated heterocycles. The maximum atomic E-state index is 13.2. The van der Waals surface area contributed by atoms with Gasteiger partial charge < -0.3 is 29.3 Å². The molecule has 1 amide bonds. The van der Waals surface area contributed by atoms with Crippen LogP contribution in [-0.2, 0) is 20.9 Å². The SMILES string of the molecule is CCOc1cc([C@H]2/C(=C(\O)c3ccc(OCc4cccc(C)c4)cc3)C(=O)C(=O)N2CCCOC)ccc1O. The summed E-state index contributed by atoms with van der Waals surface area (Å²) >= 11 is 0. The van der Waals surface area contributed by atoms with Gasteiger partial charge in [-0.2, -0.15) is 0 Å². The van der Waals surface area contributed by atoms with Crippen molar-refractivity contribution in [3.63, 3.8) is 0 Å². The van der Waals surface area contributed by atoms with Crippen molar-refractivity contribution in [2.75, 3.05) is 26.9 Å². The highest BCUT2D eigenvalue weighted by molar-refractivity contribution is 6.46. The van der Waals surface area contributed by atoms with Gasteiger partial charge in [0.05, 0.1) is 18.2 Å². The number of benzene rings is 3. The Balaban J connectivity index is 1.67. The number of ketones is 1. The van der Waals surface area contributed by atoms with E-state index < -0.39 is 17.7 Å². The van der Waals surface area contributed by atoms with Crippen LogP contribution in [-0.4, -0.2) is 53.7 Å². The number of aliphatic hydroxyl groups excluding tert-OH is 1. The van der Waals surface area contributed by atoms with Crippen molar-refractivity contribution in [2.45, 2.75) is 32.9 Å². The molecule has 8 nitrogen and oxygen atoms in total. The molecule has 0 aliphatic carbocycles. The first-order valence-electron chi connectivity index (χ1n) is 12.9. The van der Waals surface area contributed by atoms with Crippen LogP contribution in [0.4, 0.5) is 0 Å². The first-order chi connectivity index (χ1) is 18.8. The molecular formula is C31H33NO7. The van der Waals surface area contributed by atoms with Gasteiger partial charge in [-0.1, -0.05) is 35.9 Å². The standard InChI is InChI=1S/C31H33NO7/c1-4-38-26-18-23(11-14-25(26)33)28-27(30(35)31(36)32(28)15-6-16-37-3)29(34)22-9-12-24(13-10-22)39-19-21-8-5-7-20(2)17-21/h5,7-14,17-18,28,33-34H,4,6,15-16,19H2,1-3H3/b29-27+/t28-/m0/s1. The number of aliphatic hydroxyl groups is 1. The molecule has 4 rings (SSSR count). The van der Waals surface area contributed by atoms with Gasteiger partial charge in [-0.3, -0.25) is 9.59 Å². The number of amides is 1. The fraction of sp³-hybridized carbons (Fsp3) is 0.290. The lowest BCUT2D eigenvalue weighted by Gasteiger charge is -2.25. The molecular weight excluding hydrogens is 498 g/mol. The molecule has 1 atom stereocenters. The number of nitrogens with zero attached hydrogens (tertiary/aromatic N) is 1. The van der Waals surface area contributed by atoms with Gasteiger partial charge in [0.1, 0.15) is 18.1 Å². The molecule has 1 fully saturated rings. The predicted octanol–water partition coefficient (Wildman–Crippen LogP) is 5.14. The van der Waals surface area contributed by atoms with E-state index >= 15 is 0 Å². The smallest absolute Gasteiger partial charge is 0.295 e. The number of aromatic hydroxyl groups is 1. The molecule has 1 aliphatic rings. The Hall–Kier alpha value is -4.30. The lowest BCUT2D eigenvalue weighted by molar-refractivity contribution is -0.140. The number of aryl methyl sites for hydroxylation is 1. The minimum absolute atomic E-state index is 0.0287. The first kappa shape index (κ1) is 27.7. The second kappa shape index (κ2) is 12.5. The Kier molecular flexibility index (Phi) is 8.88. The van der Waals surface area contributed by atoms with Crippen molar-refractivity contribution in [3.8, 4) is 17.2 Å². The molecule has 0 saturated carbocycles. The Morgan fingerprint density at radius 3 is 2.46 bits per heavy atom. The molecule has 0 unspecified atom stereocenters. The first-order valence-corrected chi connectivity index (χ1v) is 12.9. The van der Waals surface area contributed by atoms with E-state index in [1.54, 1.807) is 50.4 Å². The maximum Gasteiger partial charge on any atom is 0.295 e. The largest absolute Gasteiger partial charge is 0.507 e. The number of Topliss-reactive ketones (excluding diaryl/α,β-unsaturated/α-hetero) is 1. The third-order valence-corrected chi connectivity index (χ3v) is 6.50. The van der Waals surface area contributed by atoms with Crippen LogP contribution in [0.1, 0.15) is 41.6 Å². The molecule has 8 heteroatoms. The van der Waals surface area contributed by atoms with E-state index in [0.717, 1.165) is 11.1 Å². The van der Waals surface area contributed by atoms with Crippen LogP contribution in [0.5, 0.6) is 17.2 Å². The average molecular weight is 532 g/mol. The molecule has 0 spiro atoms. The number of likely N-dealkylation sites (tertiary alicyclic amines) is 1. The molecule has 3 aromatic carbocycles. The highest BCUT2D eigenvalue weighted by Crippen LogP contribution is 2.42. The van der Waals surface area contributed by atoms with E-state index in [1.807, 2.05) is 31.2 Å². The summed E-state index contributed by atoms with van der Waals surface area (Å²) in [5.41, 5.74) is 3.07. The summed E-state index contributed by atoms with van der Waals surface area (Å²) in [5.74, 6) is -0.998. The number of hydrogen-bond acceptors (Lipinski definition) is 7. The zero-order valence-corrected chi connectivity index (χ0v) is 22.3. The van der Waals surface area contributed by atoms with Gasteiger partial charge in [-0.05, 0) is 67.8 Å². The second-order valence-electron chi connectivity index (χ2n) is 9.30. The summed E-state index contributed by atoms with van der Waals surface area (Å²) in [6.07, 6.45) is 0.503. The van der Waals surface area contributed by atoms with Crippen LogP contribution < -0.4 is 9.47 Å². The summed E-state index contributed by atoms with van der Waals surface area (Å²) < 4.78 is 16.5. The van der Waals surface area contributed by atoms with Crippen molar-refractivity contribution >= 4 is 17.4 Å². The molecule has 39 heavy (non-hydrogen) atoms. The summed E-state index contributed by atoms with van der Waals surface area (Å²) in [7, 11) is 1.56. The minimum atomic E-state index is -0.862. The van der Waals surface area contributed by atoms with Crippen LogP contribution in [0, 0.1) is 6.92 Å². The third-order valence-electron chi connectivity index (χ3n) is 6.50. The van der Waals surface area contributed by atoms with Crippen LogP contribution >= 0.6 is 0 Å².